The van der Waals surface area contributed by atoms with Gasteiger partial charge in [0.15, 0.2) is 0 Å². The number of halogens is 1. The molecule has 1 aromatic carbocycles. The maximum absolute atomic E-state index is 12.6. The third-order valence-corrected chi connectivity index (χ3v) is 3.79. The van der Waals surface area contributed by atoms with E-state index in [9.17, 15) is 9.90 Å². The number of nitrogens with one attached hydrogen (secondary N) is 2. The molecule has 0 bridgehead atoms. The van der Waals surface area contributed by atoms with Crippen LogP contribution in [0.25, 0.3) is 5.65 Å². The maximum Gasteiger partial charge on any atom is 0.265 e. The number of hydrogen-bond acceptors (Lipinski definition) is 5. The summed E-state index contributed by atoms with van der Waals surface area (Å²) in [6.07, 6.45) is 1.64. The van der Waals surface area contributed by atoms with Crippen LogP contribution in [0.5, 0.6) is 0 Å². The number of nitrogens with zero attached hydrogens (tertiary/aromatic N) is 2. The van der Waals surface area contributed by atoms with Crippen molar-refractivity contribution >= 4 is 34.4 Å². The van der Waals surface area contributed by atoms with Gasteiger partial charge in [0, 0.05) is 35.2 Å². The van der Waals surface area contributed by atoms with E-state index in [4.69, 9.17) is 11.6 Å². The third kappa shape index (κ3) is 3.20. The van der Waals surface area contributed by atoms with Crippen molar-refractivity contribution in [1.29, 1.82) is 0 Å². The van der Waals surface area contributed by atoms with Crippen LogP contribution in [0, 0.1) is 0 Å². The van der Waals surface area contributed by atoms with Crippen molar-refractivity contribution in [1.82, 2.24) is 9.38 Å². The van der Waals surface area contributed by atoms with E-state index in [2.05, 4.69) is 15.6 Å². The lowest BCUT2D eigenvalue weighted by Crippen LogP contribution is -2.22. The Bertz CT molecular complexity index is 940. The fourth-order valence-corrected chi connectivity index (χ4v) is 2.63. The van der Waals surface area contributed by atoms with Gasteiger partial charge in [0.2, 0.25) is 0 Å². The first-order valence-corrected chi connectivity index (χ1v) is 7.92. The van der Waals surface area contributed by atoms with Crippen LogP contribution in [0.1, 0.15) is 12.5 Å². The Balaban J connectivity index is 2.12. The molecule has 0 saturated heterocycles. The van der Waals surface area contributed by atoms with Gasteiger partial charge in [-0.25, -0.2) is 4.98 Å². The predicted molar refractivity (Wildman–Crippen MR) is 96.3 cm³/mol. The van der Waals surface area contributed by atoms with E-state index in [0.717, 1.165) is 12.2 Å². The molecule has 3 aromatic rings. The summed E-state index contributed by atoms with van der Waals surface area (Å²) in [4.78, 5) is 17.1. The van der Waals surface area contributed by atoms with Crippen molar-refractivity contribution in [2.45, 2.75) is 13.5 Å². The number of hydrogen-bond donors (Lipinski definition) is 3. The largest absolute Gasteiger partial charge is 0.391 e. The van der Waals surface area contributed by atoms with Crippen molar-refractivity contribution in [3.63, 3.8) is 0 Å². The summed E-state index contributed by atoms with van der Waals surface area (Å²) in [5, 5.41) is 16.4. The zero-order valence-corrected chi connectivity index (χ0v) is 13.8. The number of aliphatic hydroxyl groups is 1. The highest BCUT2D eigenvalue weighted by molar-refractivity contribution is 6.30. The molecule has 0 saturated carbocycles. The summed E-state index contributed by atoms with van der Waals surface area (Å²) >= 11 is 5.98. The standard InChI is InChI=1S/C17H17ClN4O2/c1-2-19-12-6-7-22-15(9-12)21-16(14(10-23)17(22)24)20-13-5-3-4-11(18)8-13/h3-9,19-20,23H,2,10H2,1H3. The highest BCUT2D eigenvalue weighted by Crippen LogP contribution is 2.21. The fraction of sp³-hybridized carbons (Fsp3) is 0.176. The number of benzene rings is 1. The summed E-state index contributed by atoms with van der Waals surface area (Å²) in [6.45, 7) is 2.35. The molecule has 2 heterocycles. The first-order chi connectivity index (χ1) is 11.6. The van der Waals surface area contributed by atoms with E-state index < -0.39 is 6.61 Å². The number of aromatic nitrogens is 2. The second-order valence-electron chi connectivity index (χ2n) is 5.21. The molecular weight excluding hydrogens is 328 g/mol. The number of rotatable bonds is 5. The molecule has 24 heavy (non-hydrogen) atoms. The predicted octanol–water partition coefficient (Wildman–Crippen LogP) is 3.02. The van der Waals surface area contributed by atoms with E-state index in [1.54, 1.807) is 36.5 Å². The highest BCUT2D eigenvalue weighted by Gasteiger charge is 2.13. The van der Waals surface area contributed by atoms with E-state index in [1.165, 1.54) is 4.40 Å². The molecule has 2 aromatic heterocycles. The first-order valence-electron chi connectivity index (χ1n) is 7.55. The monoisotopic (exact) mass is 344 g/mol. The molecule has 0 aliphatic heterocycles. The van der Waals surface area contributed by atoms with Crippen LogP contribution >= 0.6 is 11.6 Å². The molecule has 3 rings (SSSR count). The molecule has 6 nitrogen and oxygen atoms in total. The summed E-state index contributed by atoms with van der Waals surface area (Å²) in [5.74, 6) is 0.318. The summed E-state index contributed by atoms with van der Waals surface area (Å²) in [5.41, 5.74) is 1.94. The van der Waals surface area contributed by atoms with Crippen molar-refractivity contribution in [3.8, 4) is 0 Å². The van der Waals surface area contributed by atoms with Crippen LogP contribution < -0.4 is 16.2 Å². The molecule has 0 amide bonds. The minimum absolute atomic E-state index is 0.198. The highest BCUT2D eigenvalue weighted by atomic mass is 35.5. The summed E-state index contributed by atoms with van der Waals surface area (Å²) < 4.78 is 1.41. The Kier molecular flexibility index (Phi) is 4.69. The number of fused-ring (bicyclic) bond motifs is 1. The van der Waals surface area contributed by atoms with Crippen molar-refractivity contribution in [3.05, 3.63) is 63.5 Å². The SMILES string of the molecule is CCNc1ccn2c(=O)c(CO)c(Nc3cccc(Cl)c3)nc2c1. The van der Waals surface area contributed by atoms with Crippen LogP contribution in [0.3, 0.4) is 0 Å². The molecule has 124 valence electrons. The molecule has 0 radical (unpaired) electrons. The molecule has 0 spiro atoms. The van der Waals surface area contributed by atoms with Gasteiger partial charge < -0.3 is 15.7 Å². The first kappa shape index (κ1) is 16.3. The Morgan fingerprint density at radius 2 is 2.08 bits per heavy atom. The Labute approximate surface area is 143 Å². The number of pyridine rings is 1. The topological polar surface area (TPSA) is 78.7 Å². The minimum Gasteiger partial charge on any atom is -0.391 e. The van der Waals surface area contributed by atoms with Gasteiger partial charge in [0.1, 0.15) is 11.5 Å². The zero-order valence-electron chi connectivity index (χ0n) is 13.1. The van der Waals surface area contributed by atoms with Gasteiger partial charge in [-0.2, -0.15) is 0 Å². The van der Waals surface area contributed by atoms with E-state index >= 15 is 0 Å². The van der Waals surface area contributed by atoms with Gasteiger partial charge in [-0.15, -0.1) is 0 Å². The number of anilines is 3. The lowest BCUT2D eigenvalue weighted by molar-refractivity contribution is 0.280. The van der Waals surface area contributed by atoms with Gasteiger partial charge in [-0.05, 0) is 31.2 Å². The number of aliphatic hydroxyl groups excluding tert-OH is 1. The third-order valence-electron chi connectivity index (χ3n) is 3.55. The Hall–Kier alpha value is -2.57. The Morgan fingerprint density at radius 3 is 2.79 bits per heavy atom. The second-order valence-corrected chi connectivity index (χ2v) is 5.65. The normalized spacial score (nSPS) is 10.8. The summed E-state index contributed by atoms with van der Waals surface area (Å²) in [6, 6.07) is 10.7. The van der Waals surface area contributed by atoms with E-state index in [0.29, 0.717) is 22.2 Å². The second kappa shape index (κ2) is 6.90. The van der Waals surface area contributed by atoms with Crippen molar-refractivity contribution in [2.24, 2.45) is 0 Å². The molecule has 0 aliphatic carbocycles. The van der Waals surface area contributed by atoms with Gasteiger partial charge in [-0.3, -0.25) is 9.20 Å². The van der Waals surface area contributed by atoms with Crippen LogP contribution in [-0.4, -0.2) is 21.0 Å². The molecule has 0 aliphatic rings. The van der Waals surface area contributed by atoms with Crippen molar-refractivity contribution < 1.29 is 5.11 Å². The van der Waals surface area contributed by atoms with Gasteiger partial charge in [0.25, 0.3) is 5.56 Å². The Morgan fingerprint density at radius 1 is 1.25 bits per heavy atom. The van der Waals surface area contributed by atoms with Crippen LogP contribution in [-0.2, 0) is 6.61 Å². The molecular formula is C17H17ClN4O2. The fourth-order valence-electron chi connectivity index (χ4n) is 2.44. The maximum atomic E-state index is 12.6. The lowest BCUT2D eigenvalue weighted by Gasteiger charge is -2.12. The quantitative estimate of drug-likeness (QED) is 0.663. The molecule has 3 N–H and O–H groups in total. The smallest absolute Gasteiger partial charge is 0.265 e. The van der Waals surface area contributed by atoms with Gasteiger partial charge in [-0.1, -0.05) is 17.7 Å². The molecule has 0 unspecified atom stereocenters. The molecule has 7 heteroatoms. The van der Waals surface area contributed by atoms with Crippen molar-refractivity contribution in [2.75, 3.05) is 17.2 Å². The summed E-state index contributed by atoms with van der Waals surface area (Å²) in [7, 11) is 0. The molecule has 0 atom stereocenters. The zero-order chi connectivity index (χ0) is 17.1. The average Bonchev–Trinajstić information content (AvgIpc) is 2.55. The molecule has 0 fully saturated rings. The van der Waals surface area contributed by atoms with Gasteiger partial charge >= 0.3 is 0 Å². The minimum atomic E-state index is -0.410. The van der Waals surface area contributed by atoms with Crippen LogP contribution in [0.4, 0.5) is 17.2 Å². The average molecular weight is 345 g/mol. The lowest BCUT2D eigenvalue weighted by atomic mass is 10.2. The van der Waals surface area contributed by atoms with Crippen LogP contribution in [0.2, 0.25) is 5.02 Å². The van der Waals surface area contributed by atoms with E-state index in [1.807, 2.05) is 13.0 Å². The van der Waals surface area contributed by atoms with Gasteiger partial charge in [0.05, 0.1) is 12.2 Å². The van der Waals surface area contributed by atoms with Crippen LogP contribution in [0.15, 0.2) is 47.4 Å². The van der Waals surface area contributed by atoms with E-state index in [-0.39, 0.29) is 11.1 Å².